The van der Waals surface area contributed by atoms with Gasteiger partial charge in [-0.1, -0.05) is 13.8 Å². The summed E-state index contributed by atoms with van der Waals surface area (Å²) in [4.78, 5) is 11.7. The van der Waals surface area contributed by atoms with E-state index in [2.05, 4.69) is 5.32 Å². The number of benzene rings is 1. The number of aromatic hydroxyl groups is 1. The zero-order valence-corrected chi connectivity index (χ0v) is 12.5. The van der Waals surface area contributed by atoms with E-state index in [1.807, 2.05) is 13.8 Å². The lowest BCUT2D eigenvalue weighted by Crippen LogP contribution is -2.38. The number of phenols is 1. The van der Waals surface area contributed by atoms with Crippen molar-refractivity contribution in [1.29, 1.82) is 0 Å². The third-order valence-corrected chi connectivity index (χ3v) is 3.02. The molecule has 0 heterocycles. The van der Waals surface area contributed by atoms with Crippen LogP contribution < -0.4 is 10.1 Å². The van der Waals surface area contributed by atoms with E-state index in [9.17, 15) is 9.90 Å². The summed E-state index contributed by atoms with van der Waals surface area (Å²) in [5, 5.41) is 12.9. The van der Waals surface area contributed by atoms with Crippen LogP contribution in [0.2, 0.25) is 0 Å². The summed E-state index contributed by atoms with van der Waals surface area (Å²) in [5.41, 5.74) is 0.682. The Labute approximate surface area is 119 Å². The van der Waals surface area contributed by atoms with E-state index < -0.39 is 0 Å². The number of hydrogen-bond donors (Lipinski definition) is 2. The number of methoxy groups -OCH3 is 2. The summed E-state index contributed by atoms with van der Waals surface area (Å²) in [6, 6.07) is 4.62. The van der Waals surface area contributed by atoms with Gasteiger partial charge in [-0.15, -0.1) is 0 Å². The molecule has 0 aliphatic carbocycles. The van der Waals surface area contributed by atoms with Gasteiger partial charge in [-0.05, 0) is 30.5 Å². The summed E-state index contributed by atoms with van der Waals surface area (Å²) in [7, 11) is 2.94. The summed E-state index contributed by atoms with van der Waals surface area (Å²) >= 11 is 0. The quantitative estimate of drug-likeness (QED) is 0.749. The molecular weight excluding hydrogens is 258 g/mol. The Hall–Kier alpha value is -1.75. The predicted octanol–water partition coefficient (Wildman–Crippen LogP) is 2.08. The third-order valence-electron chi connectivity index (χ3n) is 3.02. The van der Waals surface area contributed by atoms with Gasteiger partial charge >= 0.3 is 5.97 Å². The Balaban J connectivity index is 2.73. The van der Waals surface area contributed by atoms with Crippen LogP contribution in [0.5, 0.6) is 11.5 Å². The molecule has 112 valence electrons. The number of carbonyl (C=O) groups is 1. The van der Waals surface area contributed by atoms with Crippen molar-refractivity contribution in [3.05, 3.63) is 23.8 Å². The Morgan fingerprint density at radius 1 is 1.35 bits per heavy atom. The molecule has 1 rings (SSSR count). The summed E-state index contributed by atoms with van der Waals surface area (Å²) in [6.45, 7) is 4.46. The van der Waals surface area contributed by atoms with Crippen LogP contribution >= 0.6 is 0 Å². The molecule has 0 spiro atoms. The molecule has 0 aliphatic rings. The highest BCUT2D eigenvalue weighted by Gasteiger charge is 2.20. The van der Waals surface area contributed by atoms with Crippen molar-refractivity contribution in [2.24, 2.45) is 5.92 Å². The minimum absolute atomic E-state index is 0.173. The smallest absolute Gasteiger partial charge is 0.322 e. The second-order valence-corrected chi connectivity index (χ2v) is 5.08. The van der Waals surface area contributed by atoms with Crippen LogP contribution in [0.1, 0.15) is 25.8 Å². The molecule has 0 aromatic heterocycles. The molecule has 1 aromatic rings. The Morgan fingerprint density at radius 2 is 2.05 bits per heavy atom. The van der Waals surface area contributed by atoms with Gasteiger partial charge in [0, 0.05) is 12.1 Å². The highest BCUT2D eigenvalue weighted by molar-refractivity contribution is 5.75. The van der Waals surface area contributed by atoms with Gasteiger partial charge in [0.25, 0.3) is 0 Å². The molecule has 20 heavy (non-hydrogen) atoms. The molecular formula is C15H23NO4. The minimum atomic E-state index is -0.384. The maximum absolute atomic E-state index is 11.7. The van der Waals surface area contributed by atoms with Crippen molar-refractivity contribution < 1.29 is 19.4 Å². The topological polar surface area (TPSA) is 67.8 Å². The van der Waals surface area contributed by atoms with Crippen molar-refractivity contribution in [1.82, 2.24) is 5.32 Å². The number of carbonyl (C=O) groups excluding carboxylic acids is 1. The first-order chi connectivity index (χ1) is 9.47. The number of rotatable bonds is 7. The van der Waals surface area contributed by atoms with E-state index in [1.165, 1.54) is 7.11 Å². The van der Waals surface area contributed by atoms with Gasteiger partial charge in [0.15, 0.2) is 0 Å². The van der Waals surface area contributed by atoms with Crippen LogP contribution in [0.25, 0.3) is 0 Å². The van der Waals surface area contributed by atoms with Crippen molar-refractivity contribution >= 4 is 5.97 Å². The van der Waals surface area contributed by atoms with Crippen LogP contribution in [0.4, 0.5) is 0 Å². The number of ether oxygens (including phenoxy) is 2. The molecule has 0 bridgehead atoms. The van der Waals surface area contributed by atoms with E-state index >= 15 is 0 Å². The van der Waals surface area contributed by atoms with E-state index in [1.54, 1.807) is 25.3 Å². The zero-order valence-electron chi connectivity index (χ0n) is 12.5. The lowest BCUT2D eigenvalue weighted by molar-refractivity contribution is -0.143. The zero-order chi connectivity index (χ0) is 15.1. The molecule has 0 aliphatic heterocycles. The van der Waals surface area contributed by atoms with Crippen LogP contribution in [0.15, 0.2) is 18.2 Å². The van der Waals surface area contributed by atoms with Gasteiger partial charge in [-0.3, -0.25) is 4.79 Å². The van der Waals surface area contributed by atoms with Crippen LogP contribution in [0.3, 0.4) is 0 Å². The molecule has 1 aromatic carbocycles. The maximum atomic E-state index is 11.7. The summed E-state index contributed by atoms with van der Waals surface area (Å²) < 4.78 is 9.91. The SMILES string of the molecule is COC(=O)C(CC(C)C)NCc1cc(OC)ccc1O. The van der Waals surface area contributed by atoms with Crippen molar-refractivity contribution in [3.8, 4) is 11.5 Å². The highest BCUT2D eigenvalue weighted by atomic mass is 16.5. The molecule has 0 saturated carbocycles. The average Bonchev–Trinajstić information content (AvgIpc) is 2.43. The minimum Gasteiger partial charge on any atom is -0.508 e. The van der Waals surface area contributed by atoms with Crippen LogP contribution in [-0.2, 0) is 16.1 Å². The lowest BCUT2D eigenvalue weighted by atomic mass is 10.0. The molecule has 0 saturated heterocycles. The fourth-order valence-electron chi connectivity index (χ4n) is 1.94. The first-order valence-electron chi connectivity index (χ1n) is 6.65. The van der Waals surface area contributed by atoms with Crippen LogP contribution in [-0.4, -0.2) is 31.3 Å². The van der Waals surface area contributed by atoms with Crippen molar-refractivity contribution in [3.63, 3.8) is 0 Å². The van der Waals surface area contributed by atoms with E-state index in [0.717, 1.165) is 0 Å². The Bertz CT molecular complexity index is 445. The Morgan fingerprint density at radius 3 is 2.60 bits per heavy atom. The maximum Gasteiger partial charge on any atom is 0.322 e. The van der Waals surface area contributed by atoms with Crippen LogP contribution in [0, 0.1) is 5.92 Å². The normalized spacial score (nSPS) is 12.2. The number of phenolic OH excluding ortho intramolecular Hbond substituents is 1. The first-order valence-corrected chi connectivity index (χ1v) is 6.65. The number of hydrogen-bond acceptors (Lipinski definition) is 5. The van der Waals surface area contributed by atoms with Crippen molar-refractivity contribution in [2.45, 2.75) is 32.9 Å². The fourth-order valence-corrected chi connectivity index (χ4v) is 1.94. The molecule has 0 radical (unpaired) electrons. The van der Waals surface area contributed by atoms with Gasteiger partial charge in [0.05, 0.1) is 14.2 Å². The van der Waals surface area contributed by atoms with Gasteiger partial charge in [-0.2, -0.15) is 0 Å². The van der Waals surface area contributed by atoms with Gasteiger partial charge < -0.3 is 19.9 Å². The molecule has 0 fully saturated rings. The molecule has 1 atom stereocenters. The van der Waals surface area contributed by atoms with Gasteiger partial charge in [0.1, 0.15) is 17.5 Å². The average molecular weight is 281 g/mol. The van der Waals surface area contributed by atoms with E-state index in [-0.39, 0.29) is 17.8 Å². The van der Waals surface area contributed by atoms with Gasteiger partial charge in [-0.25, -0.2) is 0 Å². The van der Waals surface area contributed by atoms with Crippen molar-refractivity contribution in [2.75, 3.05) is 14.2 Å². The fraction of sp³-hybridized carbons (Fsp3) is 0.533. The standard InChI is InChI=1S/C15H23NO4/c1-10(2)7-13(15(18)20-4)16-9-11-8-12(19-3)5-6-14(11)17/h5-6,8,10,13,16-17H,7,9H2,1-4H3. The Kier molecular flexibility index (Phi) is 6.31. The summed E-state index contributed by atoms with van der Waals surface area (Å²) in [6.07, 6.45) is 0.678. The number of esters is 1. The molecule has 5 heteroatoms. The highest BCUT2D eigenvalue weighted by Crippen LogP contribution is 2.23. The summed E-state index contributed by atoms with van der Waals surface area (Å²) in [5.74, 6) is 0.913. The van der Waals surface area contributed by atoms with E-state index in [0.29, 0.717) is 30.2 Å². The largest absolute Gasteiger partial charge is 0.508 e. The molecule has 0 amide bonds. The van der Waals surface area contributed by atoms with Gasteiger partial charge in [0.2, 0.25) is 0 Å². The lowest BCUT2D eigenvalue weighted by Gasteiger charge is -2.18. The molecule has 5 nitrogen and oxygen atoms in total. The monoisotopic (exact) mass is 281 g/mol. The molecule has 1 unspecified atom stereocenters. The number of nitrogens with one attached hydrogen (secondary N) is 1. The predicted molar refractivity (Wildman–Crippen MR) is 76.8 cm³/mol. The third kappa shape index (κ3) is 4.74. The van der Waals surface area contributed by atoms with E-state index in [4.69, 9.17) is 9.47 Å². The first kappa shape index (κ1) is 16.3. The second-order valence-electron chi connectivity index (χ2n) is 5.08. The molecule has 2 N–H and O–H groups in total. The second kappa shape index (κ2) is 7.75.